The number of hydrogen-bond acceptors (Lipinski definition) is 4. The number of amides is 1. The Bertz CT molecular complexity index is 496. The number of aromatic nitrogens is 1. The Morgan fingerprint density at radius 3 is 2.81 bits per heavy atom. The van der Waals surface area contributed by atoms with Crippen LogP contribution < -0.4 is 10.1 Å². The van der Waals surface area contributed by atoms with Gasteiger partial charge >= 0.3 is 0 Å². The highest BCUT2D eigenvalue weighted by Gasteiger charge is 2.35. The molecule has 1 saturated carbocycles. The molecule has 3 rings (SSSR count). The third-order valence-corrected chi connectivity index (χ3v) is 4.36. The Labute approximate surface area is 125 Å². The molecule has 2 fully saturated rings. The van der Waals surface area contributed by atoms with E-state index in [0.717, 1.165) is 45.3 Å². The Balaban J connectivity index is 1.75. The van der Waals surface area contributed by atoms with E-state index >= 15 is 0 Å². The van der Waals surface area contributed by atoms with Gasteiger partial charge in [0.25, 0.3) is 5.91 Å². The maximum absolute atomic E-state index is 12.9. The number of rotatable bonds is 5. The summed E-state index contributed by atoms with van der Waals surface area (Å²) in [4.78, 5) is 19.1. The Hall–Kier alpha value is -1.62. The minimum atomic E-state index is 0.0704. The molecule has 1 aliphatic heterocycles. The van der Waals surface area contributed by atoms with Gasteiger partial charge in [0.05, 0.1) is 7.11 Å². The number of ether oxygens (including phenoxy) is 1. The zero-order valence-corrected chi connectivity index (χ0v) is 12.5. The van der Waals surface area contributed by atoms with Crippen molar-refractivity contribution >= 4 is 5.91 Å². The number of nitrogens with one attached hydrogen (secondary N) is 1. The first-order valence-electron chi connectivity index (χ1n) is 7.80. The minimum absolute atomic E-state index is 0.0704. The van der Waals surface area contributed by atoms with Crippen molar-refractivity contribution in [1.29, 1.82) is 0 Å². The highest BCUT2D eigenvalue weighted by molar-refractivity contribution is 5.96. The molecule has 0 radical (unpaired) electrons. The molecule has 1 aromatic rings. The maximum atomic E-state index is 12.9. The standard InChI is InChI=1S/C16H23N3O2/c1-21-15-14(3-2-8-18-15)16(20)19(13-4-5-13)11-12-6-9-17-10-7-12/h2-3,8,12-13,17H,4-7,9-11H2,1H3. The van der Waals surface area contributed by atoms with Gasteiger partial charge in [-0.05, 0) is 56.8 Å². The lowest BCUT2D eigenvalue weighted by Gasteiger charge is -2.30. The van der Waals surface area contributed by atoms with Gasteiger partial charge < -0.3 is 15.0 Å². The lowest BCUT2D eigenvalue weighted by molar-refractivity contribution is 0.0697. The number of hydrogen-bond donors (Lipinski definition) is 1. The van der Waals surface area contributed by atoms with E-state index in [2.05, 4.69) is 15.2 Å². The summed E-state index contributed by atoms with van der Waals surface area (Å²) in [5, 5.41) is 3.38. The van der Waals surface area contributed by atoms with Crippen molar-refractivity contribution in [2.45, 2.75) is 31.7 Å². The summed E-state index contributed by atoms with van der Waals surface area (Å²) in [5.74, 6) is 1.11. The predicted molar refractivity (Wildman–Crippen MR) is 80.4 cm³/mol. The van der Waals surface area contributed by atoms with Crippen LogP contribution in [0.5, 0.6) is 5.88 Å². The molecule has 0 bridgehead atoms. The molecule has 1 saturated heterocycles. The summed E-state index contributed by atoms with van der Waals surface area (Å²) in [6.07, 6.45) is 6.21. The van der Waals surface area contributed by atoms with Crippen molar-refractivity contribution in [2.75, 3.05) is 26.7 Å². The van der Waals surface area contributed by atoms with Crippen LogP contribution in [0.2, 0.25) is 0 Å². The maximum Gasteiger partial charge on any atom is 0.259 e. The van der Waals surface area contributed by atoms with Crippen LogP contribution in [-0.4, -0.2) is 48.6 Å². The zero-order chi connectivity index (χ0) is 14.7. The third kappa shape index (κ3) is 3.35. The first kappa shape index (κ1) is 14.3. The quantitative estimate of drug-likeness (QED) is 0.896. The summed E-state index contributed by atoms with van der Waals surface area (Å²) >= 11 is 0. The van der Waals surface area contributed by atoms with E-state index < -0.39 is 0 Å². The van der Waals surface area contributed by atoms with Crippen LogP contribution in [-0.2, 0) is 0 Å². The van der Waals surface area contributed by atoms with E-state index in [9.17, 15) is 4.79 Å². The van der Waals surface area contributed by atoms with Gasteiger partial charge in [0.15, 0.2) is 0 Å². The van der Waals surface area contributed by atoms with E-state index in [1.54, 1.807) is 19.4 Å². The van der Waals surface area contributed by atoms with Crippen LogP contribution in [0.3, 0.4) is 0 Å². The van der Waals surface area contributed by atoms with Crippen molar-refractivity contribution < 1.29 is 9.53 Å². The van der Waals surface area contributed by atoms with Crippen LogP contribution in [0.15, 0.2) is 18.3 Å². The van der Waals surface area contributed by atoms with Gasteiger partial charge in [0, 0.05) is 18.8 Å². The lowest BCUT2D eigenvalue weighted by atomic mass is 9.97. The Kier molecular flexibility index (Phi) is 4.39. The molecular formula is C16H23N3O2. The monoisotopic (exact) mass is 289 g/mol. The van der Waals surface area contributed by atoms with Crippen molar-refractivity contribution in [2.24, 2.45) is 5.92 Å². The molecule has 1 N–H and O–H groups in total. The van der Waals surface area contributed by atoms with Gasteiger partial charge in [-0.3, -0.25) is 4.79 Å². The van der Waals surface area contributed by atoms with Crippen LogP contribution in [0.25, 0.3) is 0 Å². The van der Waals surface area contributed by atoms with Crippen molar-refractivity contribution in [3.05, 3.63) is 23.9 Å². The second-order valence-electron chi connectivity index (χ2n) is 5.94. The molecule has 5 heteroatoms. The summed E-state index contributed by atoms with van der Waals surface area (Å²) < 4.78 is 5.24. The van der Waals surface area contributed by atoms with Gasteiger partial charge in [-0.2, -0.15) is 0 Å². The number of pyridine rings is 1. The lowest BCUT2D eigenvalue weighted by Crippen LogP contribution is -2.40. The van der Waals surface area contributed by atoms with Gasteiger partial charge in [-0.15, -0.1) is 0 Å². The SMILES string of the molecule is COc1ncccc1C(=O)N(CC1CCNCC1)C1CC1. The molecular weight excluding hydrogens is 266 g/mol. The van der Waals surface area contributed by atoms with Crippen LogP contribution in [0, 0.1) is 5.92 Å². The van der Waals surface area contributed by atoms with Gasteiger partial charge in [-0.1, -0.05) is 0 Å². The minimum Gasteiger partial charge on any atom is -0.480 e. The first-order chi connectivity index (χ1) is 10.3. The average Bonchev–Trinajstić information content (AvgIpc) is 3.37. The molecule has 1 aromatic heterocycles. The Morgan fingerprint density at radius 1 is 1.38 bits per heavy atom. The Morgan fingerprint density at radius 2 is 2.14 bits per heavy atom. The van der Waals surface area contributed by atoms with E-state index in [1.165, 1.54) is 0 Å². The first-order valence-corrected chi connectivity index (χ1v) is 7.80. The predicted octanol–water partition coefficient (Wildman–Crippen LogP) is 1.69. The zero-order valence-electron chi connectivity index (χ0n) is 12.5. The molecule has 0 atom stereocenters. The molecule has 5 nitrogen and oxygen atoms in total. The highest BCUT2D eigenvalue weighted by Crippen LogP contribution is 2.31. The van der Waals surface area contributed by atoms with Gasteiger partial charge in [0.1, 0.15) is 5.56 Å². The van der Waals surface area contributed by atoms with Crippen molar-refractivity contribution in [3.63, 3.8) is 0 Å². The number of carbonyl (C=O) groups excluding carboxylic acids is 1. The van der Waals surface area contributed by atoms with E-state index in [0.29, 0.717) is 23.4 Å². The second-order valence-corrected chi connectivity index (χ2v) is 5.94. The van der Waals surface area contributed by atoms with E-state index in [4.69, 9.17) is 4.74 Å². The fourth-order valence-corrected chi connectivity index (χ4v) is 3.00. The largest absolute Gasteiger partial charge is 0.480 e. The van der Waals surface area contributed by atoms with Crippen LogP contribution in [0.1, 0.15) is 36.0 Å². The third-order valence-electron chi connectivity index (χ3n) is 4.36. The molecule has 2 aliphatic rings. The highest BCUT2D eigenvalue weighted by atomic mass is 16.5. The molecule has 21 heavy (non-hydrogen) atoms. The molecule has 0 unspecified atom stereocenters. The summed E-state index contributed by atoms with van der Waals surface area (Å²) in [6, 6.07) is 4.02. The van der Waals surface area contributed by atoms with Gasteiger partial charge in [-0.25, -0.2) is 4.98 Å². The smallest absolute Gasteiger partial charge is 0.259 e. The van der Waals surface area contributed by atoms with E-state index in [-0.39, 0.29) is 5.91 Å². The number of piperidine rings is 1. The van der Waals surface area contributed by atoms with E-state index in [1.807, 2.05) is 6.07 Å². The number of methoxy groups -OCH3 is 1. The molecule has 0 spiro atoms. The van der Waals surface area contributed by atoms with Crippen molar-refractivity contribution in [1.82, 2.24) is 15.2 Å². The molecule has 0 aromatic carbocycles. The van der Waals surface area contributed by atoms with Crippen LogP contribution in [0.4, 0.5) is 0 Å². The van der Waals surface area contributed by atoms with Gasteiger partial charge in [0.2, 0.25) is 5.88 Å². The summed E-state index contributed by atoms with van der Waals surface area (Å²) in [7, 11) is 1.56. The average molecular weight is 289 g/mol. The summed E-state index contributed by atoms with van der Waals surface area (Å²) in [6.45, 7) is 2.99. The number of carbonyl (C=O) groups is 1. The van der Waals surface area contributed by atoms with Crippen molar-refractivity contribution in [3.8, 4) is 5.88 Å². The molecule has 2 heterocycles. The molecule has 1 aliphatic carbocycles. The topological polar surface area (TPSA) is 54.5 Å². The normalized spacial score (nSPS) is 19.3. The summed E-state index contributed by atoms with van der Waals surface area (Å²) in [5.41, 5.74) is 0.584. The fourth-order valence-electron chi connectivity index (χ4n) is 3.00. The number of nitrogens with zero attached hydrogens (tertiary/aromatic N) is 2. The fraction of sp³-hybridized carbons (Fsp3) is 0.625. The van der Waals surface area contributed by atoms with Crippen LogP contribution >= 0.6 is 0 Å². The molecule has 1 amide bonds. The molecule has 114 valence electrons. The second kappa shape index (κ2) is 6.43.